The van der Waals surface area contributed by atoms with Crippen LogP contribution in [0.1, 0.15) is 11.3 Å². The number of thioether (sulfide) groups is 1. The second-order valence-corrected chi connectivity index (χ2v) is 6.93. The molecule has 1 aliphatic rings. The number of benzene rings is 1. The van der Waals surface area contributed by atoms with Crippen LogP contribution in [0.25, 0.3) is 0 Å². The predicted octanol–water partition coefficient (Wildman–Crippen LogP) is 2.86. The van der Waals surface area contributed by atoms with Gasteiger partial charge in [-0.05, 0) is 17.7 Å². The highest BCUT2D eigenvalue weighted by atomic mass is 32.2. The third-order valence-corrected chi connectivity index (χ3v) is 4.90. The van der Waals surface area contributed by atoms with Gasteiger partial charge in [0, 0.05) is 31.1 Å². The summed E-state index contributed by atoms with van der Waals surface area (Å²) in [5.41, 5.74) is 1.14. The molecule has 0 unspecified atom stereocenters. The monoisotopic (exact) mass is 330 g/mol. The largest absolute Gasteiger partial charge is 0.467 e. The van der Waals surface area contributed by atoms with Gasteiger partial charge >= 0.3 is 0 Å². The molecule has 0 spiro atoms. The number of rotatable bonds is 6. The van der Waals surface area contributed by atoms with E-state index in [1.165, 1.54) is 0 Å². The summed E-state index contributed by atoms with van der Waals surface area (Å²) in [6.07, 6.45) is 1.66. The van der Waals surface area contributed by atoms with E-state index >= 15 is 0 Å². The van der Waals surface area contributed by atoms with Crippen LogP contribution in [0.3, 0.4) is 0 Å². The summed E-state index contributed by atoms with van der Waals surface area (Å²) in [5, 5.41) is 0. The van der Waals surface area contributed by atoms with Gasteiger partial charge < -0.3 is 9.32 Å². The predicted molar refractivity (Wildman–Crippen MR) is 93.2 cm³/mol. The van der Waals surface area contributed by atoms with Gasteiger partial charge in [0.2, 0.25) is 5.91 Å². The average molecular weight is 330 g/mol. The van der Waals surface area contributed by atoms with Crippen LogP contribution in [0.15, 0.2) is 53.1 Å². The van der Waals surface area contributed by atoms with Crippen molar-refractivity contribution >= 4 is 17.7 Å². The van der Waals surface area contributed by atoms with Crippen molar-refractivity contribution in [1.29, 1.82) is 0 Å². The Labute approximate surface area is 141 Å². The highest BCUT2D eigenvalue weighted by molar-refractivity contribution is 7.99. The minimum absolute atomic E-state index is 0.164. The Morgan fingerprint density at radius 3 is 2.57 bits per heavy atom. The van der Waals surface area contributed by atoms with Gasteiger partial charge in [0.25, 0.3) is 0 Å². The molecule has 23 heavy (non-hydrogen) atoms. The Morgan fingerprint density at radius 2 is 1.87 bits per heavy atom. The number of hydrogen-bond acceptors (Lipinski definition) is 4. The molecule has 0 saturated carbocycles. The lowest BCUT2D eigenvalue weighted by Crippen LogP contribution is -2.42. The maximum absolute atomic E-state index is 12.8. The Kier molecular flexibility index (Phi) is 5.77. The number of carbonyl (C=O) groups is 1. The van der Waals surface area contributed by atoms with Crippen molar-refractivity contribution < 1.29 is 9.21 Å². The molecular weight excluding hydrogens is 308 g/mol. The second-order valence-electron chi connectivity index (χ2n) is 5.70. The highest BCUT2D eigenvalue weighted by Gasteiger charge is 2.20. The summed E-state index contributed by atoms with van der Waals surface area (Å²) in [4.78, 5) is 16.9. The Morgan fingerprint density at radius 1 is 1.09 bits per heavy atom. The van der Waals surface area contributed by atoms with Crippen LogP contribution in [-0.2, 0) is 17.9 Å². The van der Waals surface area contributed by atoms with Crippen LogP contribution < -0.4 is 0 Å². The molecule has 1 aromatic carbocycles. The molecule has 2 aromatic rings. The molecule has 5 heteroatoms. The zero-order valence-corrected chi connectivity index (χ0v) is 14.0. The number of furan rings is 1. The zero-order chi connectivity index (χ0) is 15.9. The molecule has 1 fully saturated rings. The van der Waals surface area contributed by atoms with E-state index in [2.05, 4.69) is 17.0 Å². The Hall–Kier alpha value is -1.72. The molecule has 0 N–H and O–H groups in total. The van der Waals surface area contributed by atoms with E-state index in [1.807, 2.05) is 47.0 Å². The fourth-order valence-electron chi connectivity index (χ4n) is 2.68. The summed E-state index contributed by atoms with van der Waals surface area (Å²) in [5.74, 6) is 3.22. The van der Waals surface area contributed by atoms with Gasteiger partial charge in [-0.3, -0.25) is 9.69 Å². The van der Waals surface area contributed by atoms with Gasteiger partial charge in [-0.2, -0.15) is 11.8 Å². The second kappa shape index (κ2) is 8.22. The standard InChI is InChI=1S/C18H22N2O2S/c21-18(15-19-8-11-23-12-9-19)20(14-17-7-4-10-22-17)13-16-5-2-1-3-6-16/h1-7,10H,8-9,11-15H2. The minimum Gasteiger partial charge on any atom is -0.467 e. The molecule has 1 aliphatic heterocycles. The highest BCUT2D eigenvalue weighted by Crippen LogP contribution is 2.13. The van der Waals surface area contributed by atoms with E-state index in [0.29, 0.717) is 19.6 Å². The van der Waals surface area contributed by atoms with E-state index in [1.54, 1.807) is 6.26 Å². The van der Waals surface area contributed by atoms with Crippen molar-refractivity contribution in [3.8, 4) is 0 Å². The van der Waals surface area contributed by atoms with Crippen molar-refractivity contribution in [2.75, 3.05) is 31.1 Å². The Balaban J connectivity index is 1.66. The van der Waals surface area contributed by atoms with Crippen LogP contribution in [0.2, 0.25) is 0 Å². The molecule has 2 heterocycles. The minimum atomic E-state index is 0.164. The molecule has 3 rings (SSSR count). The van der Waals surface area contributed by atoms with Crippen LogP contribution in [0, 0.1) is 0 Å². The molecule has 0 radical (unpaired) electrons. The maximum Gasteiger partial charge on any atom is 0.237 e. The smallest absolute Gasteiger partial charge is 0.237 e. The number of hydrogen-bond donors (Lipinski definition) is 0. The molecule has 1 aromatic heterocycles. The third-order valence-electron chi connectivity index (χ3n) is 3.96. The molecule has 1 saturated heterocycles. The van der Waals surface area contributed by atoms with E-state index in [0.717, 1.165) is 35.9 Å². The first-order valence-corrected chi connectivity index (χ1v) is 9.11. The van der Waals surface area contributed by atoms with Gasteiger partial charge in [0.1, 0.15) is 5.76 Å². The normalized spacial score (nSPS) is 15.5. The fraction of sp³-hybridized carbons (Fsp3) is 0.389. The molecule has 0 bridgehead atoms. The molecule has 0 atom stereocenters. The van der Waals surface area contributed by atoms with E-state index in [4.69, 9.17) is 4.42 Å². The van der Waals surface area contributed by atoms with Gasteiger partial charge in [-0.1, -0.05) is 30.3 Å². The molecule has 122 valence electrons. The van der Waals surface area contributed by atoms with Crippen molar-refractivity contribution in [2.45, 2.75) is 13.1 Å². The first kappa shape index (κ1) is 16.1. The third kappa shape index (κ3) is 4.88. The topological polar surface area (TPSA) is 36.7 Å². The van der Waals surface area contributed by atoms with E-state index in [9.17, 15) is 4.79 Å². The van der Waals surface area contributed by atoms with Gasteiger partial charge in [0.15, 0.2) is 0 Å². The molecular formula is C18H22N2O2S. The summed E-state index contributed by atoms with van der Waals surface area (Å²) in [7, 11) is 0. The Bertz CT molecular complexity index is 595. The molecule has 4 nitrogen and oxygen atoms in total. The van der Waals surface area contributed by atoms with Crippen LogP contribution in [0.5, 0.6) is 0 Å². The summed E-state index contributed by atoms with van der Waals surface area (Å²) < 4.78 is 5.43. The van der Waals surface area contributed by atoms with Crippen molar-refractivity contribution in [2.24, 2.45) is 0 Å². The van der Waals surface area contributed by atoms with Crippen molar-refractivity contribution in [3.63, 3.8) is 0 Å². The first-order valence-electron chi connectivity index (χ1n) is 7.95. The summed E-state index contributed by atoms with van der Waals surface area (Å²) in [6.45, 7) is 3.62. The fourth-order valence-corrected chi connectivity index (χ4v) is 3.66. The number of nitrogens with zero attached hydrogens (tertiary/aromatic N) is 2. The number of carbonyl (C=O) groups excluding carboxylic acids is 1. The van der Waals surface area contributed by atoms with Crippen LogP contribution in [0.4, 0.5) is 0 Å². The lowest BCUT2D eigenvalue weighted by molar-refractivity contribution is -0.133. The molecule has 0 aliphatic carbocycles. The quantitative estimate of drug-likeness (QED) is 0.816. The first-order chi connectivity index (χ1) is 11.3. The van der Waals surface area contributed by atoms with Crippen LogP contribution in [-0.4, -0.2) is 46.8 Å². The van der Waals surface area contributed by atoms with E-state index < -0.39 is 0 Å². The number of amides is 1. The lowest BCUT2D eigenvalue weighted by Gasteiger charge is -2.29. The van der Waals surface area contributed by atoms with Gasteiger partial charge in [0.05, 0.1) is 19.4 Å². The molecule has 1 amide bonds. The zero-order valence-electron chi connectivity index (χ0n) is 13.2. The summed E-state index contributed by atoms with van der Waals surface area (Å²) in [6, 6.07) is 13.9. The maximum atomic E-state index is 12.8. The summed E-state index contributed by atoms with van der Waals surface area (Å²) >= 11 is 1.96. The van der Waals surface area contributed by atoms with Crippen molar-refractivity contribution in [1.82, 2.24) is 9.80 Å². The average Bonchev–Trinajstić information content (AvgIpc) is 3.09. The SMILES string of the molecule is O=C(CN1CCSCC1)N(Cc1ccccc1)Cc1ccco1. The van der Waals surface area contributed by atoms with Gasteiger partial charge in [-0.25, -0.2) is 0 Å². The van der Waals surface area contributed by atoms with Gasteiger partial charge in [-0.15, -0.1) is 0 Å². The van der Waals surface area contributed by atoms with E-state index in [-0.39, 0.29) is 5.91 Å². The lowest BCUT2D eigenvalue weighted by atomic mass is 10.2. The van der Waals surface area contributed by atoms with Crippen LogP contribution >= 0.6 is 11.8 Å². The van der Waals surface area contributed by atoms with Crippen molar-refractivity contribution in [3.05, 3.63) is 60.1 Å².